The number of thioether (sulfide) groups is 1. The minimum Gasteiger partial charge on any atom is -0.490 e. The predicted octanol–water partition coefficient (Wildman–Crippen LogP) is 5.42. The van der Waals surface area contributed by atoms with Crippen LogP contribution in [0.15, 0.2) is 70.6 Å². The van der Waals surface area contributed by atoms with Crippen LogP contribution in [0.5, 0.6) is 5.75 Å². The summed E-state index contributed by atoms with van der Waals surface area (Å²) >= 11 is 10.1. The molecular weight excluding hydrogens is 418 g/mol. The van der Waals surface area contributed by atoms with E-state index in [1.807, 2.05) is 54.6 Å². The molecule has 1 saturated heterocycles. The van der Waals surface area contributed by atoms with Crippen molar-refractivity contribution in [2.75, 3.05) is 11.5 Å². The Labute approximate surface area is 164 Å². The first kappa shape index (κ1) is 17.9. The van der Waals surface area contributed by atoms with E-state index in [2.05, 4.69) is 22.5 Å². The molecule has 6 heteroatoms. The summed E-state index contributed by atoms with van der Waals surface area (Å²) in [6.07, 6.45) is 3.54. The highest BCUT2D eigenvalue weighted by Gasteiger charge is 2.33. The number of anilines is 1. The third kappa shape index (κ3) is 4.21. The van der Waals surface area contributed by atoms with Crippen molar-refractivity contribution < 1.29 is 9.53 Å². The first-order valence-corrected chi connectivity index (χ1v) is 9.47. The van der Waals surface area contributed by atoms with Crippen molar-refractivity contribution in [3.05, 3.63) is 76.1 Å². The van der Waals surface area contributed by atoms with E-state index in [0.29, 0.717) is 15.8 Å². The SMILES string of the molecule is C=CCOc1ccc(C=C2SC(=S)N(c3ccc(Br)cc3)C2=O)cc1. The second kappa shape index (κ2) is 7.99. The maximum Gasteiger partial charge on any atom is 0.270 e. The molecule has 3 rings (SSSR count). The largest absolute Gasteiger partial charge is 0.490 e. The highest BCUT2D eigenvalue weighted by atomic mass is 79.9. The molecule has 0 bridgehead atoms. The van der Waals surface area contributed by atoms with Crippen LogP contribution in [0.4, 0.5) is 5.69 Å². The standard InChI is InChI=1S/C19H14BrNO2S2/c1-2-11-23-16-9-3-13(4-10-16)12-17-18(22)21(19(24)25-17)15-7-5-14(20)6-8-15/h2-10,12H,1,11H2. The molecule has 1 aliphatic rings. The summed E-state index contributed by atoms with van der Waals surface area (Å²) in [5.74, 6) is 0.656. The highest BCUT2D eigenvalue weighted by Crippen LogP contribution is 2.36. The monoisotopic (exact) mass is 431 g/mol. The maximum absolute atomic E-state index is 12.7. The van der Waals surface area contributed by atoms with Gasteiger partial charge >= 0.3 is 0 Å². The van der Waals surface area contributed by atoms with Crippen LogP contribution in [0, 0.1) is 0 Å². The molecule has 126 valence electrons. The number of thiocarbonyl (C=S) groups is 1. The third-order valence-corrected chi connectivity index (χ3v) is 5.26. The lowest BCUT2D eigenvalue weighted by Gasteiger charge is -2.14. The Balaban J connectivity index is 1.80. The number of ether oxygens (including phenoxy) is 1. The fourth-order valence-corrected chi connectivity index (χ4v) is 3.81. The number of carbonyl (C=O) groups is 1. The van der Waals surface area contributed by atoms with Crippen molar-refractivity contribution in [3.8, 4) is 5.75 Å². The lowest BCUT2D eigenvalue weighted by atomic mass is 10.2. The van der Waals surface area contributed by atoms with Crippen molar-refractivity contribution >= 4 is 61.9 Å². The Bertz CT molecular complexity index is 845. The van der Waals surface area contributed by atoms with Crippen LogP contribution < -0.4 is 9.64 Å². The fraction of sp³-hybridized carbons (Fsp3) is 0.0526. The lowest BCUT2D eigenvalue weighted by molar-refractivity contribution is -0.113. The number of halogens is 1. The van der Waals surface area contributed by atoms with Crippen LogP contribution in [0.3, 0.4) is 0 Å². The molecule has 0 unspecified atom stereocenters. The van der Waals surface area contributed by atoms with Gasteiger partial charge in [0.25, 0.3) is 5.91 Å². The zero-order valence-corrected chi connectivity index (χ0v) is 16.4. The normalized spacial score (nSPS) is 15.7. The van der Waals surface area contributed by atoms with Gasteiger partial charge in [0.15, 0.2) is 4.32 Å². The van der Waals surface area contributed by atoms with E-state index in [1.165, 1.54) is 11.8 Å². The van der Waals surface area contributed by atoms with Crippen LogP contribution >= 0.6 is 39.9 Å². The van der Waals surface area contributed by atoms with E-state index in [0.717, 1.165) is 21.5 Å². The maximum atomic E-state index is 12.7. The molecule has 2 aromatic rings. The van der Waals surface area contributed by atoms with Gasteiger partial charge in [-0.2, -0.15) is 0 Å². The number of hydrogen-bond donors (Lipinski definition) is 0. The Morgan fingerprint density at radius 3 is 2.48 bits per heavy atom. The zero-order valence-electron chi connectivity index (χ0n) is 13.1. The average molecular weight is 432 g/mol. The number of carbonyl (C=O) groups excluding carboxylic acids is 1. The second-order valence-electron chi connectivity index (χ2n) is 5.16. The molecule has 1 aliphatic heterocycles. The Kier molecular flexibility index (Phi) is 5.73. The first-order chi connectivity index (χ1) is 12.1. The summed E-state index contributed by atoms with van der Waals surface area (Å²) in [5, 5.41) is 0. The summed E-state index contributed by atoms with van der Waals surface area (Å²) in [6.45, 7) is 4.08. The van der Waals surface area contributed by atoms with Gasteiger partial charge in [-0.25, -0.2) is 0 Å². The third-order valence-electron chi connectivity index (χ3n) is 3.42. The van der Waals surface area contributed by atoms with Crippen molar-refractivity contribution in [1.82, 2.24) is 0 Å². The molecule has 0 aliphatic carbocycles. The Morgan fingerprint density at radius 1 is 1.16 bits per heavy atom. The smallest absolute Gasteiger partial charge is 0.270 e. The summed E-state index contributed by atoms with van der Waals surface area (Å²) in [7, 11) is 0. The van der Waals surface area contributed by atoms with Crippen LogP contribution in [-0.4, -0.2) is 16.8 Å². The highest BCUT2D eigenvalue weighted by molar-refractivity contribution is 9.10. The Morgan fingerprint density at radius 2 is 1.84 bits per heavy atom. The fourth-order valence-electron chi connectivity index (χ4n) is 2.25. The topological polar surface area (TPSA) is 29.5 Å². The van der Waals surface area contributed by atoms with Gasteiger partial charge in [-0.05, 0) is 48.0 Å². The van der Waals surface area contributed by atoms with E-state index in [-0.39, 0.29) is 5.91 Å². The summed E-state index contributed by atoms with van der Waals surface area (Å²) in [4.78, 5) is 14.9. The van der Waals surface area contributed by atoms with E-state index in [9.17, 15) is 4.79 Å². The summed E-state index contributed by atoms with van der Waals surface area (Å²) in [6, 6.07) is 15.1. The van der Waals surface area contributed by atoms with E-state index in [1.54, 1.807) is 11.0 Å². The van der Waals surface area contributed by atoms with Gasteiger partial charge in [0.1, 0.15) is 12.4 Å². The number of rotatable bonds is 5. The van der Waals surface area contributed by atoms with Crippen molar-refractivity contribution in [2.24, 2.45) is 0 Å². The molecule has 1 fully saturated rings. The van der Waals surface area contributed by atoms with Crippen LogP contribution in [0.2, 0.25) is 0 Å². The van der Waals surface area contributed by atoms with Gasteiger partial charge in [0.05, 0.1) is 10.6 Å². The molecule has 2 aromatic carbocycles. The minimum absolute atomic E-state index is 0.107. The van der Waals surface area contributed by atoms with Gasteiger partial charge in [-0.3, -0.25) is 9.69 Å². The van der Waals surface area contributed by atoms with Gasteiger partial charge in [0, 0.05) is 4.47 Å². The minimum atomic E-state index is -0.107. The van der Waals surface area contributed by atoms with Gasteiger partial charge in [-0.15, -0.1) is 0 Å². The first-order valence-electron chi connectivity index (χ1n) is 7.46. The molecule has 0 radical (unpaired) electrons. The molecule has 1 heterocycles. The molecule has 0 N–H and O–H groups in total. The number of amides is 1. The lowest BCUT2D eigenvalue weighted by Crippen LogP contribution is -2.27. The van der Waals surface area contributed by atoms with Gasteiger partial charge < -0.3 is 4.74 Å². The molecule has 0 spiro atoms. The van der Waals surface area contributed by atoms with E-state index in [4.69, 9.17) is 17.0 Å². The van der Waals surface area contributed by atoms with Crippen LogP contribution in [0.25, 0.3) is 6.08 Å². The van der Waals surface area contributed by atoms with Crippen molar-refractivity contribution in [3.63, 3.8) is 0 Å². The van der Waals surface area contributed by atoms with Gasteiger partial charge in [0.2, 0.25) is 0 Å². The molecule has 0 saturated carbocycles. The average Bonchev–Trinajstić information content (AvgIpc) is 2.89. The van der Waals surface area contributed by atoms with Crippen molar-refractivity contribution in [2.45, 2.75) is 0 Å². The molecule has 3 nitrogen and oxygen atoms in total. The molecule has 1 amide bonds. The quantitative estimate of drug-likeness (QED) is 0.359. The van der Waals surface area contributed by atoms with Crippen LogP contribution in [0.1, 0.15) is 5.56 Å². The number of nitrogens with zero attached hydrogens (tertiary/aromatic N) is 1. The van der Waals surface area contributed by atoms with Crippen molar-refractivity contribution in [1.29, 1.82) is 0 Å². The predicted molar refractivity (Wildman–Crippen MR) is 112 cm³/mol. The van der Waals surface area contributed by atoms with Crippen LogP contribution in [-0.2, 0) is 4.79 Å². The zero-order chi connectivity index (χ0) is 17.8. The number of benzene rings is 2. The summed E-state index contributed by atoms with van der Waals surface area (Å²) in [5.41, 5.74) is 1.68. The summed E-state index contributed by atoms with van der Waals surface area (Å²) < 4.78 is 6.95. The molecule has 0 atom stereocenters. The second-order valence-corrected chi connectivity index (χ2v) is 7.75. The molecule has 0 aromatic heterocycles. The molecule has 25 heavy (non-hydrogen) atoms. The number of hydrogen-bond acceptors (Lipinski definition) is 4. The van der Waals surface area contributed by atoms with Gasteiger partial charge in [-0.1, -0.05) is 64.7 Å². The molecular formula is C19H14BrNO2S2. The van der Waals surface area contributed by atoms with E-state index < -0.39 is 0 Å². The van der Waals surface area contributed by atoms with E-state index >= 15 is 0 Å². The Hall–Kier alpha value is -1.89.